The van der Waals surface area contributed by atoms with E-state index >= 15 is 0 Å². The fraction of sp³-hybridized carbons (Fsp3) is 0.185. The predicted octanol–water partition coefficient (Wildman–Crippen LogP) is 5.85. The summed E-state index contributed by atoms with van der Waals surface area (Å²) in [4.78, 5) is 0. The van der Waals surface area contributed by atoms with Crippen LogP contribution in [0.25, 0.3) is 0 Å². The van der Waals surface area contributed by atoms with Gasteiger partial charge in [0.25, 0.3) is 0 Å². The summed E-state index contributed by atoms with van der Waals surface area (Å²) in [5.74, 6) is 0. The standard InChI is InChI=1S/C27H23BrO2/c1-18-12-14-22-24(16-18)26(29,19-8-4-2-5-9-19)23-15-13-21(28)17-25(23)27(22,30)20-10-6-3-7-11-20/h2-12,14,16-17,29-30H,13,15H2,1H3. The first-order chi connectivity index (χ1) is 14.5. The number of aryl methyl sites for hydroxylation is 1. The number of allylic oxidation sites excluding steroid dienone is 1. The van der Waals surface area contributed by atoms with Gasteiger partial charge in [-0.3, -0.25) is 0 Å². The van der Waals surface area contributed by atoms with Crippen molar-refractivity contribution in [3.8, 4) is 0 Å². The fourth-order valence-corrected chi connectivity index (χ4v) is 5.40. The van der Waals surface area contributed by atoms with E-state index in [-0.39, 0.29) is 0 Å². The number of hydrogen-bond donors (Lipinski definition) is 2. The van der Waals surface area contributed by atoms with Crippen molar-refractivity contribution in [2.75, 3.05) is 0 Å². The van der Waals surface area contributed by atoms with E-state index in [9.17, 15) is 10.2 Å². The molecule has 0 saturated carbocycles. The van der Waals surface area contributed by atoms with Gasteiger partial charge in [0.05, 0.1) is 0 Å². The third-order valence-corrected chi connectivity index (χ3v) is 7.03. The van der Waals surface area contributed by atoms with Crippen molar-refractivity contribution < 1.29 is 10.2 Å². The van der Waals surface area contributed by atoms with Crippen LogP contribution in [0.2, 0.25) is 0 Å². The average molecular weight is 459 g/mol. The van der Waals surface area contributed by atoms with E-state index < -0.39 is 11.2 Å². The van der Waals surface area contributed by atoms with Gasteiger partial charge in [0.1, 0.15) is 11.2 Å². The van der Waals surface area contributed by atoms with Crippen molar-refractivity contribution in [3.63, 3.8) is 0 Å². The minimum absolute atomic E-state index is 0.667. The van der Waals surface area contributed by atoms with Crippen LogP contribution in [0.5, 0.6) is 0 Å². The van der Waals surface area contributed by atoms with Gasteiger partial charge in [0.2, 0.25) is 0 Å². The maximum absolute atomic E-state index is 12.4. The van der Waals surface area contributed by atoms with Gasteiger partial charge in [-0.05, 0) is 63.7 Å². The highest BCUT2D eigenvalue weighted by atomic mass is 79.9. The molecule has 30 heavy (non-hydrogen) atoms. The van der Waals surface area contributed by atoms with Gasteiger partial charge in [0.15, 0.2) is 0 Å². The first-order valence-corrected chi connectivity index (χ1v) is 11.0. The molecule has 0 aliphatic heterocycles. The molecular formula is C27H23BrO2. The van der Waals surface area contributed by atoms with Crippen LogP contribution in [-0.4, -0.2) is 10.2 Å². The largest absolute Gasteiger partial charge is 0.376 e. The van der Waals surface area contributed by atoms with E-state index in [1.54, 1.807) is 0 Å². The summed E-state index contributed by atoms with van der Waals surface area (Å²) in [6, 6.07) is 25.5. The molecular weight excluding hydrogens is 436 g/mol. The fourth-order valence-electron chi connectivity index (χ4n) is 4.97. The maximum Gasteiger partial charge on any atom is 0.141 e. The van der Waals surface area contributed by atoms with E-state index in [1.165, 1.54) is 0 Å². The lowest BCUT2D eigenvalue weighted by Crippen LogP contribution is -2.45. The molecule has 0 fully saturated rings. The van der Waals surface area contributed by atoms with E-state index in [2.05, 4.69) is 15.9 Å². The van der Waals surface area contributed by atoms with Crippen molar-refractivity contribution in [2.24, 2.45) is 0 Å². The Balaban J connectivity index is 1.93. The van der Waals surface area contributed by atoms with Crippen LogP contribution in [-0.2, 0) is 11.2 Å². The van der Waals surface area contributed by atoms with E-state index in [0.717, 1.165) is 49.9 Å². The molecule has 0 saturated heterocycles. The molecule has 0 spiro atoms. The SMILES string of the molecule is Cc1ccc2c(c1)C(O)(c1ccccc1)C1=C(C=C(Br)CC1)C2(O)c1ccccc1. The molecule has 3 heteroatoms. The van der Waals surface area contributed by atoms with Gasteiger partial charge >= 0.3 is 0 Å². The van der Waals surface area contributed by atoms with Crippen molar-refractivity contribution in [1.82, 2.24) is 0 Å². The number of halogens is 1. The first-order valence-electron chi connectivity index (χ1n) is 10.2. The molecule has 0 aromatic heterocycles. The highest BCUT2D eigenvalue weighted by Gasteiger charge is 2.52. The molecule has 0 heterocycles. The summed E-state index contributed by atoms with van der Waals surface area (Å²) in [5.41, 5.74) is 3.16. The van der Waals surface area contributed by atoms with Crippen LogP contribution in [0.15, 0.2) is 101 Å². The van der Waals surface area contributed by atoms with Crippen LogP contribution in [0.4, 0.5) is 0 Å². The van der Waals surface area contributed by atoms with Crippen LogP contribution < -0.4 is 0 Å². The quantitative estimate of drug-likeness (QED) is 0.505. The average Bonchev–Trinajstić information content (AvgIpc) is 2.78. The second-order valence-corrected chi connectivity index (χ2v) is 9.20. The molecule has 2 atom stereocenters. The van der Waals surface area contributed by atoms with Crippen LogP contribution in [0, 0.1) is 6.92 Å². The smallest absolute Gasteiger partial charge is 0.141 e. The molecule has 2 aliphatic carbocycles. The Morgan fingerprint density at radius 2 is 1.33 bits per heavy atom. The molecule has 5 rings (SSSR count). The molecule has 2 N–H and O–H groups in total. The number of hydrogen-bond acceptors (Lipinski definition) is 2. The zero-order valence-electron chi connectivity index (χ0n) is 16.8. The van der Waals surface area contributed by atoms with Crippen molar-refractivity contribution in [1.29, 1.82) is 0 Å². The van der Waals surface area contributed by atoms with Crippen molar-refractivity contribution >= 4 is 15.9 Å². The molecule has 0 bridgehead atoms. The monoisotopic (exact) mass is 458 g/mol. The molecule has 0 amide bonds. The summed E-state index contributed by atoms with van der Waals surface area (Å²) < 4.78 is 1.03. The molecule has 2 unspecified atom stereocenters. The molecule has 0 radical (unpaired) electrons. The number of rotatable bonds is 2. The number of benzene rings is 3. The van der Waals surface area contributed by atoms with Crippen LogP contribution >= 0.6 is 15.9 Å². The highest BCUT2D eigenvalue weighted by Crippen LogP contribution is 2.56. The zero-order valence-corrected chi connectivity index (χ0v) is 18.4. The number of aliphatic hydroxyl groups is 2. The lowest BCUT2D eigenvalue weighted by Gasteiger charge is -2.47. The Morgan fingerprint density at radius 3 is 1.97 bits per heavy atom. The summed E-state index contributed by atoms with van der Waals surface area (Å²) in [7, 11) is 0. The second-order valence-electron chi connectivity index (χ2n) is 8.19. The van der Waals surface area contributed by atoms with Crippen molar-refractivity contribution in [3.05, 3.63) is 128 Å². The normalized spacial score (nSPS) is 25.4. The van der Waals surface area contributed by atoms with E-state index in [1.807, 2.05) is 91.9 Å². The zero-order chi connectivity index (χ0) is 20.9. The van der Waals surface area contributed by atoms with Gasteiger partial charge in [-0.25, -0.2) is 0 Å². The third kappa shape index (κ3) is 2.70. The van der Waals surface area contributed by atoms with E-state index in [4.69, 9.17) is 0 Å². The van der Waals surface area contributed by atoms with E-state index in [0.29, 0.717) is 6.42 Å². The Kier molecular flexibility index (Phi) is 4.59. The minimum atomic E-state index is -1.33. The third-order valence-electron chi connectivity index (χ3n) is 6.40. The van der Waals surface area contributed by atoms with Crippen molar-refractivity contribution in [2.45, 2.75) is 31.0 Å². The Hall–Kier alpha value is -2.46. The summed E-state index contributed by atoms with van der Waals surface area (Å²) in [6.07, 6.45) is 3.46. The van der Waals surface area contributed by atoms with Crippen LogP contribution in [0.1, 0.15) is 40.7 Å². The molecule has 150 valence electrons. The van der Waals surface area contributed by atoms with Gasteiger partial charge < -0.3 is 10.2 Å². The maximum atomic E-state index is 12.4. The molecule has 3 aromatic rings. The summed E-state index contributed by atoms with van der Waals surface area (Å²) in [6.45, 7) is 2.02. The molecule has 2 nitrogen and oxygen atoms in total. The van der Waals surface area contributed by atoms with Gasteiger partial charge in [-0.1, -0.05) is 100 Å². The highest BCUT2D eigenvalue weighted by molar-refractivity contribution is 9.11. The Morgan fingerprint density at radius 1 is 0.733 bits per heavy atom. The Bertz CT molecular complexity index is 1180. The lowest BCUT2D eigenvalue weighted by molar-refractivity contribution is 0.0696. The number of fused-ring (bicyclic) bond motifs is 1. The van der Waals surface area contributed by atoms with Crippen LogP contribution in [0.3, 0.4) is 0 Å². The second kappa shape index (κ2) is 7.05. The summed E-state index contributed by atoms with van der Waals surface area (Å²) >= 11 is 3.65. The lowest BCUT2D eigenvalue weighted by atomic mass is 9.61. The first kappa shape index (κ1) is 19.5. The summed E-state index contributed by atoms with van der Waals surface area (Å²) in [5, 5.41) is 24.7. The molecule has 2 aliphatic rings. The topological polar surface area (TPSA) is 40.5 Å². The Labute approximate surface area is 185 Å². The van der Waals surface area contributed by atoms with Gasteiger partial charge in [-0.15, -0.1) is 0 Å². The minimum Gasteiger partial charge on any atom is -0.376 e. The predicted molar refractivity (Wildman–Crippen MR) is 123 cm³/mol. The van der Waals surface area contributed by atoms with Gasteiger partial charge in [0, 0.05) is 0 Å². The van der Waals surface area contributed by atoms with Gasteiger partial charge in [-0.2, -0.15) is 0 Å². The molecule has 3 aromatic carbocycles.